The fourth-order valence-corrected chi connectivity index (χ4v) is 2.16. The van der Waals surface area contributed by atoms with Gasteiger partial charge < -0.3 is 9.63 Å². The van der Waals surface area contributed by atoms with Crippen molar-refractivity contribution in [3.63, 3.8) is 0 Å². The molecule has 0 bridgehead atoms. The molecule has 0 fully saturated rings. The monoisotopic (exact) mass is 264 g/mol. The third kappa shape index (κ3) is 3.26. The number of aromatic hydroxyl groups is 1. The number of phenolic OH excluding ortho intramolecular Hbond substituents is 1. The fraction of sp³-hybridized carbons (Fsp3) is 0.385. The fourth-order valence-electron chi connectivity index (χ4n) is 1.37. The number of hydrogen-bond acceptors (Lipinski definition) is 5. The van der Waals surface area contributed by atoms with Crippen LogP contribution in [0.15, 0.2) is 28.8 Å². The molecule has 1 aromatic heterocycles. The number of aromatic nitrogens is 2. The highest BCUT2D eigenvalue weighted by atomic mass is 32.2. The highest BCUT2D eigenvalue weighted by Gasteiger charge is 2.10. The van der Waals surface area contributed by atoms with Crippen LogP contribution in [-0.4, -0.2) is 20.5 Å². The molecule has 2 rings (SSSR count). The van der Waals surface area contributed by atoms with Gasteiger partial charge >= 0.3 is 0 Å². The van der Waals surface area contributed by atoms with Crippen molar-refractivity contribution in [2.75, 3.05) is 0 Å². The van der Waals surface area contributed by atoms with Gasteiger partial charge in [-0.15, -0.1) is 0 Å². The van der Waals surface area contributed by atoms with E-state index < -0.39 is 0 Å². The molecule has 5 heteroatoms. The molecule has 1 unspecified atom stereocenters. The van der Waals surface area contributed by atoms with Crippen molar-refractivity contribution in [3.05, 3.63) is 30.1 Å². The zero-order chi connectivity index (χ0) is 13.0. The van der Waals surface area contributed by atoms with Gasteiger partial charge in [0.1, 0.15) is 5.75 Å². The third-order valence-corrected chi connectivity index (χ3v) is 3.98. The first kappa shape index (κ1) is 13.0. The molecule has 0 saturated carbocycles. The zero-order valence-corrected chi connectivity index (χ0v) is 11.3. The maximum absolute atomic E-state index is 9.21. The lowest BCUT2D eigenvalue weighted by Gasteiger charge is -2.04. The van der Waals surface area contributed by atoms with Gasteiger partial charge in [-0.25, -0.2) is 0 Å². The average Bonchev–Trinajstić information content (AvgIpc) is 2.85. The molecule has 0 aliphatic carbocycles. The lowest BCUT2D eigenvalue weighted by Crippen LogP contribution is -1.94. The van der Waals surface area contributed by atoms with Crippen LogP contribution in [0, 0.1) is 0 Å². The van der Waals surface area contributed by atoms with E-state index in [0.29, 0.717) is 17.0 Å². The minimum Gasteiger partial charge on any atom is -0.508 e. The predicted molar refractivity (Wildman–Crippen MR) is 72.4 cm³/mol. The molecule has 0 radical (unpaired) electrons. The standard InChI is InChI=1S/C13H16N2O2S/c1-3-9(2)18-8-12-14-13(17-15-12)10-4-6-11(16)7-5-10/h4-7,9,16H,3,8H2,1-2H3. The van der Waals surface area contributed by atoms with Crippen LogP contribution in [0.4, 0.5) is 0 Å². The van der Waals surface area contributed by atoms with Gasteiger partial charge in [0.25, 0.3) is 5.89 Å². The smallest absolute Gasteiger partial charge is 0.257 e. The number of phenols is 1. The lowest BCUT2D eigenvalue weighted by atomic mass is 10.2. The Bertz CT molecular complexity index is 496. The summed E-state index contributed by atoms with van der Waals surface area (Å²) in [4.78, 5) is 4.34. The van der Waals surface area contributed by atoms with Gasteiger partial charge in [-0.2, -0.15) is 16.7 Å². The molecule has 1 atom stereocenters. The van der Waals surface area contributed by atoms with E-state index in [1.807, 2.05) is 11.8 Å². The first-order valence-corrected chi connectivity index (χ1v) is 6.97. The number of hydrogen-bond donors (Lipinski definition) is 1. The summed E-state index contributed by atoms with van der Waals surface area (Å²) in [5, 5.41) is 13.8. The molecule has 0 aliphatic rings. The van der Waals surface area contributed by atoms with E-state index in [0.717, 1.165) is 17.7 Å². The van der Waals surface area contributed by atoms with E-state index >= 15 is 0 Å². The molecule has 1 N–H and O–H groups in total. The second kappa shape index (κ2) is 5.91. The molecule has 96 valence electrons. The molecule has 1 heterocycles. The van der Waals surface area contributed by atoms with Crippen LogP contribution < -0.4 is 0 Å². The Morgan fingerprint density at radius 3 is 2.72 bits per heavy atom. The van der Waals surface area contributed by atoms with Crippen molar-refractivity contribution in [1.29, 1.82) is 0 Å². The first-order valence-electron chi connectivity index (χ1n) is 5.92. The van der Waals surface area contributed by atoms with Crippen molar-refractivity contribution in [2.45, 2.75) is 31.3 Å². The Morgan fingerprint density at radius 2 is 2.06 bits per heavy atom. The van der Waals surface area contributed by atoms with E-state index in [4.69, 9.17) is 4.52 Å². The summed E-state index contributed by atoms with van der Waals surface area (Å²) < 4.78 is 5.20. The van der Waals surface area contributed by atoms with Crippen LogP contribution in [0.3, 0.4) is 0 Å². The highest BCUT2D eigenvalue weighted by molar-refractivity contribution is 7.99. The topological polar surface area (TPSA) is 59.2 Å². The summed E-state index contributed by atoms with van der Waals surface area (Å²) in [5.74, 6) is 2.19. The van der Waals surface area contributed by atoms with Crippen LogP contribution in [-0.2, 0) is 5.75 Å². The molecular formula is C13H16N2O2S. The normalized spacial score (nSPS) is 12.6. The minimum absolute atomic E-state index is 0.228. The molecule has 0 amide bonds. The Morgan fingerprint density at radius 1 is 1.33 bits per heavy atom. The third-order valence-electron chi connectivity index (χ3n) is 2.65. The average molecular weight is 264 g/mol. The maximum Gasteiger partial charge on any atom is 0.257 e. The Hall–Kier alpha value is -1.49. The quantitative estimate of drug-likeness (QED) is 0.896. The zero-order valence-electron chi connectivity index (χ0n) is 10.5. The summed E-state index contributed by atoms with van der Waals surface area (Å²) in [6.45, 7) is 4.35. The molecule has 0 spiro atoms. The van der Waals surface area contributed by atoms with Gasteiger partial charge in [-0.05, 0) is 30.7 Å². The molecular weight excluding hydrogens is 248 g/mol. The molecule has 0 aliphatic heterocycles. The molecule has 0 saturated heterocycles. The Kier molecular flexibility index (Phi) is 4.25. The second-order valence-electron chi connectivity index (χ2n) is 4.09. The van der Waals surface area contributed by atoms with E-state index in [9.17, 15) is 5.11 Å². The van der Waals surface area contributed by atoms with Crippen molar-refractivity contribution < 1.29 is 9.63 Å². The van der Waals surface area contributed by atoms with E-state index in [-0.39, 0.29) is 5.75 Å². The summed E-state index contributed by atoms with van der Waals surface area (Å²) >= 11 is 1.82. The van der Waals surface area contributed by atoms with E-state index in [1.165, 1.54) is 0 Å². The van der Waals surface area contributed by atoms with Gasteiger partial charge in [0.05, 0.1) is 5.75 Å². The Balaban J connectivity index is 2.03. The van der Waals surface area contributed by atoms with Gasteiger partial charge in [-0.1, -0.05) is 19.0 Å². The number of thioether (sulfide) groups is 1. The van der Waals surface area contributed by atoms with Gasteiger partial charge in [0.2, 0.25) is 0 Å². The summed E-state index contributed by atoms with van der Waals surface area (Å²) in [5.41, 5.74) is 0.820. The minimum atomic E-state index is 0.228. The van der Waals surface area contributed by atoms with Crippen LogP contribution in [0.25, 0.3) is 11.5 Å². The van der Waals surface area contributed by atoms with Crippen LogP contribution in [0.1, 0.15) is 26.1 Å². The van der Waals surface area contributed by atoms with Gasteiger partial charge in [0.15, 0.2) is 5.82 Å². The predicted octanol–water partition coefficient (Wildman–Crippen LogP) is 3.47. The summed E-state index contributed by atoms with van der Waals surface area (Å²) in [6, 6.07) is 6.73. The lowest BCUT2D eigenvalue weighted by molar-refractivity contribution is 0.425. The molecule has 18 heavy (non-hydrogen) atoms. The van der Waals surface area contributed by atoms with Crippen LogP contribution in [0.2, 0.25) is 0 Å². The van der Waals surface area contributed by atoms with Crippen molar-refractivity contribution in [2.24, 2.45) is 0 Å². The SMILES string of the molecule is CCC(C)SCc1noc(-c2ccc(O)cc2)n1. The van der Waals surface area contributed by atoms with E-state index in [2.05, 4.69) is 24.0 Å². The Labute approximate surface area is 110 Å². The van der Waals surface area contributed by atoms with Crippen molar-refractivity contribution in [1.82, 2.24) is 10.1 Å². The second-order valence-corrected chi connectivity index (χ2v) is 5.52. The summed E-state index contributed by atoms with van der Waals surface area (Å²) in [7, 11) is 0. The first-order chi connectivity index (χ1) is 8.69. The van der Waals surface area contributed by atoms with Crippen molar-refractivity contribution >= 4 is 11.8 Å². The maximum atomic E-state index is 9.21. The molecule has 1 aromatic carbocycles. The number of nitrogens with zero attached hydrogens (tertiary/aromatic N) is 2. The summed E-state index contributed by atoms with van der Waals surface area (Å²) in [6.07, 6.45) is 1.13. The molecule has 4 nitrogen and oxygen atoms in total. The van der Waals surface area contributed by atoms with Gasteiger partial charge in [0, 0.05) is 10.8 Å². The number of benzene rings is 1. The highest BCUT2D eigenvalue weighted by Crippen LogP contribution is 2.22. The van der Waals surface area contributed by atoms with Gasteiger partial charge in [-0.3, -0.25) is 0 Å². The number of rotatable bonds is 5. The van der Waals surface area contributed by atoms with E-state index in [1.54, 1.807) is 24.3 Å². The molecule has 2 aromatic rings. The van der Waals surface area contributed by atoms with Crippen molar-refractivity contribution in [3.8, 4) is 17.2 Å². The van der Waals surface area contributed by atoms with Crippen LogP contribution >= 0.6 is 11.8 Å². The largest absolute Gasteiger partial charge is 0.508 e. The van der Waals surface area contributed by atoms with Crippen LogP contribution in [0.5, 0.6) is 5.75 Å².